The molecule has 1 saturated heterocycles. The molecule has 1 aromatic carbocycles. The molecule has 0 saturated carbocycles. The first-order chi connectivity index (χ1) is 11.6. The summed E-state index contributed by atoms with van der Waals surface area (Å²) < 4.78 is 10.7. The molecule has 0 aromatic heterocycles. The zero-order chi connectivity index (χ0) is 17.4. The van der Waals surface area contributed by atoms with Gasteiger partial charge in [0.1, 0.15) is 5.75 Å². The summed E-state index contributed by atoms with van der Waals surface area (Å²) in [7, 11) is 0. The molecule has 1 aliphatic heterocycles. The molecule has 1 aliphatic rings. The predicted octanol–water partition coefficient (Wildman–Crippen LogP) is 2.27. The number of nitrogens with one attached hydrogen (secondary N) is 1. The van der Waals surface area contributed by atoms with E-state index in [2.05, 4.69) is 5.32 Å². The summed E-state index contributed by atoms with van der Waals surface area (Å²) in [5, 5.41) is 3.29. The number of hydrogen-bond donors (Lipinski definition) is 1. The topological polar surface area (TPSA) is 67.9 Å². The summed E-state index contributed by atoms with van der Waals surface area (Å²) in [6, 6.07) is 5.07. The number of carbonyl (C=O) groups is 2. The third-order valence-corrected chi connectivity index (χ3v) is 4.49. The monoisotopic (exact) mass is 372 g/mol. The SMILES string of the molecule is CCOc1ccc(Cl)cc1NC(=O)CSCC(=O)N1CCOCC1. The van der Waals surface area contributed by atoms with Gasteiger partial charge in [0, 0.05) is 18.1 Å². The molecule has 2 amide bonds. The zero-order valence-electron chi connectivity index (χ0n) is 13.5. The number of anilines is 1. The smallest absolute Gasteiger partial charge is 0.234 e. The fourth-order valence-electron chi connectivity index (χ4n) is 2.20. The number of amides is 2. The summed E-state index contributed by atoms with van der Waals surface area (Å²) >= 11 is 7.25. The van der Waals surface area contributed by atoms with E-state index < -0.39 is 0 Å². The molecule has 0 bridgehead atoms. The number of thioether (sulfide) groups is 1. The lowest BCUT2D eigenvalue weighted by Crippen LogP contribution is -2.41. The van der Waals surface area contributed by atoms with Crippen molar-refractivity contribution in [3.05, 3.63) is 23.2 Å². The number of rotatable bonds is 7. The van der Waals surface area contributed by atoms with Gasteiger partial charge in [0.15, 0.2) is 0 Å². The maximum Gasteiger partial charge on any atom is 0.234 e. The van der Waals surface area contributed by atoms with Crippen molar-refractivity contribution in [3.63, 3.8) is 0 Å². The second-order valence-corrected chi connectivity index (χ2v) is 6.53. The van der Waals surface area contributed by atoms with Crippen LogP contribution >= 0.6 is 23.4 Å². The molecular weight excluding hydrogens is 352 g/mol. The van der Waals surface area contributed by atoms with Crippen LogP contribution < -0.4 is 10.1 Å². The zero-order valence-corrected chi connectivity index (χ0v) is 15.1. The van der Waals surface area contributed by atoms with Crippen molar-refractivity contribution in [1.29, 1.82) is 0 Å². The third kappa shape index (κ3) is 5.89. The Hall–Kier alpha value is -1.44. The number of benzene rings is 1. The van der Waals surface area contributed by atoms with Gasteiger partial charge in [-0.15, -0.1) is 11.8 Å². The molecule has 1 aromatic rings. The average molecular weight is 373 g/mol. The van der Waals surface area contributed by atoms with Gasteiger partial charge >= 0.3 is 0 Å². The van der Waals surface area contributed by atoms with Gasteiger partial charge in [-0.3, -0.25) is 9.59 Å². The first-order valence-corrected chi connectivity index (χ1v) is 9.29. The van der Waals surface area contributed by atoms with Crippen LogP contribution in [-0.2, 0) is 14.3 Å². The maximum absolute atomic E-state index is 12.1. The Morgan fingerprint density at radius 2 is 2.08 bits per heavy atom. The van der Waals surface area contributed by atoms with Gasteiger partial charge in [0.25, 0.3) is 0 Å². The molecule has 0 unspecified atom stereocenters. The molecular formula is C16H21ClN2O4S. The number of ether oxygens (including phenoxy) is 2. The van der Waals surface area contributed by atoms with Gasteiger partial charge in [0.2, 0.25) is 11.8 Å². The standard InChI is InChI=1S/C16H21ClN2O4S/c1-2-23-14-4-3-12(17)9-13(14)18-15(20)10-24-11-16(21)19-5-7-22-8-6-19/h3-4,9H,2,5-8,10-11H2,1H3,(H,18,20). The van der Waals surface area contributed by atoms with Crippen LogP contribution in [0.4, 0.5) is 5.69 Å². The van der Waals surface area contributed by atoms with Crippen molar-refractivity contribution in [1.82, 2.24) is 4.90 Å². The second kappa shape index (κ2) is 9.76. The number of hydrogen-bond acceptors (Lipinski definition) is 5. The van der Waals surface area contributed by atoms with E-state index in [4.69, 9.17) is 21.1 Å². The average Bonchev–Trinajstić information content (AvgIpc) is 2.58. The van der Waals surface area contributed by atoms with Gasteiger partial charge in [-0.25, -0.2) is 0 Å². The molecule has 0 atom stereocenters. The quantitative estimate of drug-likeness (QED) is 0.795. The van der Waals surface area contributed by atoms with Crippen LogP contribution in [-0.4, -0.2) is 61.1 Å². The summed E-state index contributed by atoms with van der Waals surface area (Å²) in [5.41, 5.74) is 0.537. The van der Waals surface area contributed by atoms with Gasteiger partial charge in [-0.1, -0.05) is 11.6 Å². The van der Waals surface area contributed by atoms with Crippen molar-refractivity contribution < 1.29 is 19.1 Å². The fourth-order valence-corrected chi connectivity index (χ4v) is 3.09. The van der Waals surface area contributed by atoms with Gasteiger partial charge in [-0.05, 0) is 25.1 Å². The molecule has 8 heteroatoms. The lowest BCUT2D eigenvalue weighted by Gasteiger charge is -2.26. The number of carbonyl (C=O) groups excluding carboxylic acids is 2. The normalized spacial score (nSPS) is 14.3. The van der Waals surface area contributed by atoms with Crippen LogP contribution in [0.3, 0.4) is 0 Å². The van der Waals surface area contributed by atoms with E-state index >= 15 is 0 Å². The minimum absolute atomic E-state index is 0.0360. The first kappa shape index (κ1) is 18.9. The number of halogens is 1. The van der Waals surface area contributed by atoms with E-state index in [-0.39, 0.29) is 23.3 Å². The Kier molecular flexibility index (Phi) is 7.68. The Balaban J connectivity index is 1.79. The van der Waals surface area contributed by atoms with Crippen molar-refractivity contribution in [2.75, 3.05) is 49.7 Å². The largest absolute Gasteiger partial charge is 0.492 e. The Labute approximate surface area is 150 Å². The maximum atomic E-state index is 12.1. The van der Waals surface area contributed by atoms with E-state index in [1.807, 2.05) is 6.92 Å². The van der Waals surface area contributed by atoms with Gasteiger partial charge in [0.05, 0.1) is 37.0 Å². The predicted molar refractivity (Wildman–Crippen MR) is 96.0 cm³/mol. The van der Waals surface area contributed by atoms with Crippen LogP contribution in [0.5, 0.6) is 5.75 Å². The second-order valence-electron chi connectivity index (χ2n) is 5.11. The van der Waals surface area contributed by atoms with E-state index in [0.717, 1.165) is 0 Å². The number of morpholine rings is 1. The Morgan fingerprint density at radius 1 is 1.33 bits per heavy atom. The van der Waals surface area contributed by atoms with Crippen LogP contribution in [0.1, 0.15) is 6.92 Å². The highest BCUT2D eigenvalue weighted by Crippen LogP contribution is 2.28. The Bertz CT molecular complexity index is 579. The van der Waals surface area contributed by atoms with Crippen molar-refractivity contribution in [2.45, 2.75) is 6.92 Å². The highest BCUT2D eigenvalue weighted by molar-refractivity contribution is 8.00. The van der Waals surface area contributed by atoms with E-state index in [1.54, 1.807) is 23.1 Å². The minimum atomic E-state index is -0.196. The summed E-state index contributed by atoms with van der Waals surface area (Å²) in [4.78, 5) is 25.8. The number of nitrogens with zero attached hydrogens (tertiary/aromatic N) is 1. The highest BCUT2D eigenvalue weighted by Gasteiger charge is 2.17. The molecule has 1 fully saturated rings. The first-order valence-electron chi connectivity index (χ1n) is 7.75. The van der Waals surface area contributed by atoms with Crippen LogP contribution in [0, 0.1) is 0 Å². The van der Waals surface area contributed by atoms with Gasteiger partial charge in [-0.2, -0.15) is 0 Å². The molecule has 1 N–H and O–H groups in total. The molecule has 132 valence electrons. The van der Waals surface area contributed by atoms with Gasteiger partial charge < -0.3 is 19.7 Å². The molecule has 0 spiro atoms. The van der Waals surface area contributed by atoms with E-state index in [1.165, 1.54) is 11.8 Å². The summed E-state index contributed by atoms with van der Waals surface area (Å²) in [6.07, 6.45) is 0. The minimum Gasteiger partial charge on any atom is -0.492 e. The van der Waals surface area contributed by atoms with Crippen molar-refractivity contribution in [3.8, 4) is 5.75 Å². The van der Waals surface area contributed by atoms with Crippen LogP contribution in [0.25, 0.3) is 0 Å². The molecule has 6 nitrogen and oxygen atoms in total. The molecule has 0 radical (unpaired) electrons. The summed E-state index contributed by atoms with van der Waals surface area (Å²) in [5.74, 6) is 0.881. The van der Waals surface area contributed by atoms with Crippen molar-refractivity contribution >= 4 is 40.9 Å². The molecule has 2 rings (SSSR count). The molecule has 0 aliphatic carbocycles. The van der Waals surface area contributed by atoms with Crippen LogP contribution in [0.15, 0.2) is 18.2 Å². The Morgan fingerprint density at radius 3 is 2.79 bits per heavy atom. The fraction of sp³-hybridized carbons (Fsp3) is 0.500. The van der Waals surface area contributed by atoms with E-state index in [0.29, 0.717) is 49.4 Å². The van der Waals surface area contributed by atoms with Crippen LogP contribution in [0.2, 0.25) is 5.02 Å². The lowest BCUT2D eigenvalue weighted by molar-refractivity contribution is -0.132. The molecule has 1 heterocycles. The molecule has 24 heavy (non-hydrogen) atoms. The highest BCUT2D eigenvalue weighted by atomic mass is 35.5. The van der Waals surface area contributed by atoms with Crippen molar-refractivity contribution in [2.24, 2.45) is 0 Å². The third-order valence-electron chi connectivity index (χ3n) is 3.34. The van der Waals surface area contributed by atoms with E-state index in [9.17, 15) is 9.59 Å². The lowest BCUT2D eigenvalue weighted by atomic mass is 10.3. The summed E-state index contributed by atoms with van der Waals surface area (Å²) in [6.45, 7) is 4.75.